The van der Waals surface area contributed by atoms with Gasteiger partial charge >= 0.3 is 0 Å². The number of halogens is 2. The van der Waals surface area contributed by atoms with Gasteiger partial charge in [0.05, 0.1) is 12.2 Å². The maximum Gasteiger partial charge on any atom is 0.123 e. The number of hydrogen-bond acceptors (Lipinski definition) is 2. The number of aliphatic hydroxyl groups excluding tert-OH is 1. The van der Waals surface area contributed by atoms with Crippen LogP contribution in [0.1, 0.15) is 18.4 Å². The van der Waals surface area contributed by atoms with Gasteiger partial charge in [-0.1, -0.05) is 15.9 Å². The molecule has 1 aromatic rings. The zero-order valence-electron chi connectivity index (χ0n) is 8.83. The van der Waals surface area contributed by atoms with Crippen LogP contribution in [0.3, 0.4) is 0 Å². The summed E-state index contributed by atoms with van der Waals surface area (Å²) in [6.45, 7) is 0.714. The fourth-order valence-electron chi connectivity index (χ4n) is 1.96. The molecule has 0 aromatic heterocycles. The van der Waals surface area contributed by atoms with Gasteiger partial charge < -0.3 is 9.84 Å². The summed E-state index contributed by atoms with van der Waals surface area (Å²) in [5.74, 6) is -0.280. The molecule has 2 nitrogen and oxygen atoms in total. The van der Waals surface area contributed by atoms with Gasteiger partial charge in [0.15, 0.2) is 0 Å². The van der Waals surface area contributed by atoms with E-state index in [4.69, 9.17) is 4.74 Å². The molecule has 1 fully saturated rings. The molecule has 1 saturated heterocycles. The molecule has 1 aromatic carbocycles. The molecule has 1 aliphatic rings. The molecule has 0 saturated carbocycles. The molecule has 1 aliphatic heterocycles. The fourth-order valence-corrected chi connectivity index (χ4v) is 2.37. The van der Waals surface area contributed by atoms with E-state index in [0.29, 0.717) is 13.0 Å². The summed E-state index contributed by atoms with van der Waals surface area (Å²) < 4.78 is 19.3. The van der Waals surface area contributed by atoms with Crippen molar-refractivity contribution in [3.05, 3.63) is 34.1 Å². The van der Waals surface area contributed by atoms with E-state index < -0.39 is 6.10 Å². The van der Waals surface area contributed by atoms with E-state index in [0.717, 1.165) is 22.9 Å². The van der Waals surface area contributed by atoms with Crippen molar-refractivity contribution in [2.45, 2.75) is 31.5 Å². The van der Waals surface area contributed by atoms with Gasteiger partial charge in [-0.05, 0) is 36.6 Å². The molecule has 1 heterocycles. The first-order valence-corrected chi connectivity index (χ1v) is 6.19. The molecular weight excluding hydrogens is 275 g/mol. The highest BCUT2D eigenvalue weighted by atomic mass is 79.9. The average molecular weight is 289 g/mol. The van der Waals surface area contributed by atoms with E-state index in [1.807, 2.05) is 0 Å². The zero-order valence-corrected chi connectivity index (χ0v) is 10.4. The summed E-state index contributed by atoms with van der Waals surface area (Å²) in [7, 11) is 0. The maximum atomic E-state index is 13.0. The van der Waals surface area contributed by atoms with Crippen LogP contribution in [-0.2, 0) is 11.2 Å². The molecule has 0 bridgehead atoms. The Hall–Kier alpha value is -0.450. The van der Waals surface area contributed by atoms with E-state index in [-0.39, 0.29) is 11.9 Å². The normalized spacial score (nSPS) is 22.3. The van der Waals surface area contributed by atoms with Gasteiger partial charge in [0.1, 0.15) is 5.82 Å². The van der Waals surface area contributed by atoms with Crippen molar-refractivity contribution in [2.75, 3.05) is 6.61 Å². The maximum absolute atomic E-state index is 13.0. The largest absolute Gasteiger partial charge is 0.390 e. The monoisotopic (exact) mass is 288 g/mol. The second-order valence-corrected chi connectivity index (χ2v) is 4.91. The number of aliphatic hydroxyl groups is 1. The highest BCUT2D eigenvalue weighted by molar-refractivity contribution is 9.10. The second kappa shape index (κ2) is 5.25. The summed E-state index contributed by atoms with van der Waals surface area (Å²) >= 11 is 3.35. The van der Waals surface area contributed by atoms with E-state index in [2.05, 4.69) is 15.9 Å². The Morgan fingerprint density at radius 3 is 3.06 bits per heavy atom. The topological polar surface area (TPSA) is 29.5 Å². The Morgan fingerprint density at radius 2 is 2.38 bits per heavy atom. The molecule has 2 atom stereocenters. The first-order valence-electron chi connectivity index (χ1n) is 5.40. The third-order valence-electron chi connectivity index (χ3n) is 2.83. The van der Waals surface area contributed by atoms with Crippen molar-refractivity contribution >= 4 is 15.9 Å². The number of rotatable bonds is 3. The van der Waals surface area contributed by atoms with Gasteiger partial charge in [-0.15, -0.1) is 0 Å². The van der Waals surface area contributed by atoms with Gasteiger partial charge in [-0.3, -0.25) is 0 Å². The van der Waals surface area contributed by atoms with E-state index in [1.165, 1.54) is 12.1 Å². The highest BCUT2D eigenvalue weighted by Gasteiger charge is 2.24. The molecule has 1 N–H and O–H groups in total. The summed E-state index contributed by atoms with van der Waals surface area (Å²) in [5.41, 5.74) is 0.781. The van der Waals surface area contributed by atoms with Crippen LogP contribution in [0, 0.1) is 5.82 Å². The third-order valence-corrected chi connectivity index (χ3v) is 3.60. The standard InChI is InChI=1S/C12H14BrFO2/c13-10-4-3-9(14)6-8(10)7-11(15)12-2-1-5-16-12/h3-4,6,11-12,15H,1-2,5,7H2. The second-order valence-electron chi connectivity index (χ2n) is 4.06. The van der Waals surface area contributed by atoms with E-state index in [1.54, 1.807) is 6.07 Å². The third kappa shape index (κ3) is 2.81. The van der Waals surface area contributed by atoms with Crippen LogP contribution >= 0.6 is 15.9 Å². The predicted octanol–water partition coefficient (Wildman–Crippen LogP) is 2.67. The SMILES string of the molecule is OC(Cc1cc(F)ccc1Br)C1CCCO1. The molecule has 0 spiro atoms. The lowest BCUT2D eigenvalue weighted by molar-refractivity contribution is -0.000870. The number of ether oxygens (including phenoxy) is 1. The van der Waals surface area contributed by atoms with Crippen LogP contribution < -0.4 is 0 Å². The first kappa shape index (κ1) is 12.0. The molecular formula is C12H14BrFO2. The van der Waals surface area contributed by atoms with Gasteiger partial charge in [0.25, 0.3) is 0 Å². The lowest BCUT2D eigenvalue weighted by Crippen LogP contribution is -2.27. The minimum atomic E-state index is -0.555. The van der Waals surface area contributed by atoms with Gasteiger partial charge in [-0.25, -0.2) is 4.39 Å². The molecule has 2 rings (SSSR count). The minimum absolute atomic E-state index is 0.102. The molecule has 0 aliphatic carbocycles. The smallest absolute Gasteiger partial charge is 0.123 e. The lowest BCUT2D eigenvalue weighted by Gasteiger charge is -2.18. The fraction of sp³-hybridized carbons (Fsp3) is 0.500. The van der Waals surface area contributed by atoms with Crippen LogP contribution in [0.5, 0.6) is 0 Å². The summed E-state index contributed by atoms with van der Waals surface area (Å²) in [6, 6.07) is 4.50. The van der Waals surface area contributed by atoms with E-state index in [9.17, 15) is 9.50 Å². The van der Waals surface area contributed by atoms with Crippen LogP contribution in [0.4, 0.5) is 4.39 Å². The van der Waals surface area contributed by atoms with Crippen molar-refractivity contribution in [2.24, 2.45) is 0 Å². The quantitative estimate of drug-likeness (QED) is 0.927. The van der Waals surface area contributed by atoms with Crippen molar-refractivity contribution in [3.63, 3.8) is 0 Å². The minimum Gasteiger partial charge on any atom is -0.390 e. The van der Waals surface area contributed by atoms with Gasteiger partial charge in [0.2, 0.25) is 0 Å². The Balaban J connectivity index is 2.04. The van der Waals surface area contributed by atoms with Crippen LogP contribution in [-0.4, -0.2) is 23.9 Å². The van der Waals surface area contributed by atoms with Gasteiger partial charge in [0, 0.05) is 17.5 Å². The van der Waals surface area contributed by atoms with Gasteiger partial charge in [-0.2, -0.15) is 0 Å². The number of benzene rings is 1. The molecule has 0 amide bonds. The lowest BCUT2D eigenvalue weighted by atomic mass is 10.0. The van der Waals surface area contributed by atoms with Crippen LogP contribution in [0.2, 0.25) is 0 Å². The summed E-state index contributed by atoms with van der Waals surface area (Å²) in [6.07, 6.45) is 1.64. The molecule has 88 valence electrons. The Morgan fingerprint density at radius 1 is 1.56 bits per heavy atom. The Bertz CT molecular complexity index is 364. The molecule has 2 unspecified atom stereocenters. The van der Waals surface area contributed by atoms with Crippen molar-refractivity contribution in [1.82, 2.24) is 0 Å². The zero-order chi connectivity index (χ0) is 11.5. The van der Waals surface area contributed by atoms with Crippen molar-refractivity contribution in [3.8, 4) is 0 Å². The van der Waals surface area contributed by atoms with Crippen molar-refractivity contribution < 1.29 is 14.2 Å². The molecule has 0 radical (unpaired) electrons. The molecule has 4 heteroatoms. The van der Waals surface area contributed by atoms with Crippen LogP contribution in [0.25, 0.3) is 0 Å². The number of hydrogen-bond donors (Lipinski definition) is 1. The predicted molar refractivity (Wildman–Crippen MR) is 62.8 cm³/mol. The summed E-state index contributed by atoms with van der Waals surface area (Å²) in [5, 5.41) is 9.95. The Kier molecular flexibility index (Phi) is 3.95. The summed E-state index contributed by atoms with van der Waals surface area (Å²) in [4.78, 5) is 0. The highest BCUT2D eigenvalue weighted by Crippen LogP contribution is 2.23. The van der Waals surface area contributed by atoms with E-state index >= 15 is 0 Å². The molecule has 16 heavy (non-hydrogen) atoms. The Labute approximate surface area is 103 Å². The van der Waals surface area contributed by atoms with Crippen LogP contribution in [0.15, 0.2) is 22.7 Å². The average Bonchev–Trinajstić information content (AvgIpc) is 2.76. The first-order chi connectivity index (χ1) is 7.66. The van der Waals surface area contributed by atoms with Crippen molar-refractivity contribution in [1.29, 1.82) is 0 Å².